The Balaban J connectivity index is 2.77. The summed E-state index contributed by atoms with van der Waals surface area (Å²) in [6, 6.07) is 4.49. The third kappa shape index (κ3) is 4.24. The van der Waals surface area contributed by atoms with Gasteiger partial charge >= 0.3 is 0 Å². The van der Waals surface area contributed by atoms with Gasteiger partial charge in [-0.05, 0) is 46.5 Å². The van der Waals surface area contributed by atoms with Gasteiger partial charge < -0.3 is 10.8 Å². The molecule has 5 nitrogen and oxygen atoms in total. The van der Waals surface area contributed by atoms with E-state index < -0.39 is 10.0 Å². The number of aliphatic hydroxyl groups excluding tert-OH is 1. The predicted molar refractivity (Wildman–Crippen MR) is 74.6 cm³/mol. The van der Waals surface area contributed by atoms with Gasteiger partial charge in [-0.25, -0.2) is 13.1 Å². The van der Waals surface area contributed by atoms with E-state index in [9.17, 15) is 8.42 Å². The number of hydrogen-bond donors (Lipinski definition) is 3. The second kappa shape index (κ2) is 6.51. The summed E-state index contributed by atoms with van der Waals surface area (Å²) in [6.07, 6.45) is 0.561. The maximum atomic E-state index is 12.0. The Labute approximate surface area is 116 Å². The zero-order chi connectivity index (χ0) is 13.8. The van der Waals surface area contributed by atoms with Gasteiger partial charge in [-0.2, -0.15) is 0 Å². The molecule has 0 aliphatic carbocycles. The number of nitrogens with one attached hydrogen (secondary N) is 1. The highest BCUT2D eigenvalue weighted by atomic mass is 79.9. The van der Waals surface area contributed by atoms with Crippen molar-refractivity contribution in [3.63, 3.8) is 0 Å². The van der Waals surface area contributed by atoms with Gasteiger partial charge in [-0.15, -0.1) is 0 Å². The number of benzene rings is 1. The first kappa shape index (κ1) is 15.4. The van der Waals surface area contributed by atoms with E-state index in [2.05, 4.69) is 20.7 Å². The standard InChI is InChI=1S/C11H17BrN2O3S/c1-8(4-5-15)7-14-18(16,17)9-2-3-10(12)11(13)6-9/h2-3,6,8,14-15H,4-5,7,13H2,1H3. The molecule has 0 spiro atoms. The normalized spacial score (nSPS) is 13.5. The fraction of sp³-hybridized carbons (Fsp3) is 0.455. The van der Waals surface area contributed by atoms with Crippen molar-refractivity contribution in [3.8, 4) is 0 Å². The van der Waals surface area contributed by atoms with E-state index in [1.54, 1.807) is 6.07 Å². The summed E-state index contributed by atoms with van der Waals surface area (Å²) in [5.74, 6) is 0.0811. The first-order valence-corrected chi connectivity index (χ1v) is 7.80. The molecule has 0 heterocycles. The van der Waals surface area contributed by atoms with Crippen molar-refractivity contribution < 1.29 is 13.5 Å². The summed E-state index contributed by atoms with van der Waals surface area (Å²) in [5, 5.41) is 8.75. The second-order valence-electron chi connectivity index (χ2n) is 4.15. The Morgan fingerprint density at radius 2 is 2.17 bits per heavy atom. The molecule has 0 saturated heterocycles. The van der Waals surface area contributed by atoms with Crippen molar-refractivity contribution in [2.45, 2.75) is 18.2 Å². The number of nitrogen functional groups attached to an aromatic ring is 1. The van der Waals surface area contributed by atoms with Gasteiger partial charge in [0.05, 0.1) is 4.90 Å². The third-order valence-corrected chi connectivity index (χ3v) is 4.66. The Morgan fingerprint density at radius 1 is 1.50 bits per heavy atom. The van der Waals surface area contributed by atoms with Gasteiger partial charge in [0.15, 0.2) is 0 Å². The molecule has 18 heavy (non-hydrogen) atoms. The molecule has 0 radical (unpaired) electrons. The molecule has 1 unspecified atom stereocenters. The summed E-state index contributed by atoms with van der Waals surface area (Å²) >= 11 is 3.21. The van der Waals surface area contributed by atoms with Crippen LogP contribution in [-0.2, 0) is 10.0 Å². The van der Waals surface area contributed by atoms with Crippen LogP contribution in [0.4, 0.5) is 5.69 Å². The maximum absolute atomic E-state index is 12.0. The van der Waals surface area contributed by atoms with Crippen LogP contribution in [0, 0.1) is 5.92 Å². The summed E-state index contributed by atoms with van der Waals surface area (Å²) in [4.78, 5) is 0.138. The van der Waals surface area contributed by atoms with Crippen LogP contribution >= 0.6 is 15.9 Å². The summed E-state index contributed by atoms with van der Waals surface area (Å²) in [7, 11) is -3.55. The highest BCUT2D eigenvalue weighted by molar-refractivity contribution is 9.10. The monoisotopic (exact) mass is 336 g/mol. The molecule has 0 saturated carbocycles. The molecule has 0 fully saturated rings. The van der Waals surface area contributed by atoms with E-state index in [0.717, 1.165) is 0 Å². The lowest BCUT2D eigenvalue weighted by Crippen LogP contribution is -2.28. The number of aliphatic hydroxyl groups is 1. The lowest BCUT2D eigenvalue weighted by molar-refractivity contribution is 0.263. The Morgan fingerprint density at radius 3 is 2.72 bits per heavy atom. The number of halogens is 1. The number of rotatable bonds is 6. The topological polar surface area (TPSA) is 92.4 Å². The number of sulfonamides is 1. The molecular weight excluding hydrogens is 320 g/mol. The second-order valence-corrected chi connectivity index (χ2v) is 6.77. The molecule has 0 aliphatic heterocycles. The molecule has 0 aliphatic rings. The van der Waals surface area contributed by atoms with E-state index in [0.29, 0.717) is 23.1 Å². The largest absolute Gasteiger partial charge is 0.398 e. The Bertz CT molecular complexity index is 505. The SMILES string of the molecule is CC(CCO)CNS(=O)(=O)c1ccc(Br)c(N)c1. The average Bonchev–Trinajstić information content (AvgIpc) is 2.30. The minimum absolute atomic E-state index is 0.0497. The number of hydrogen-bond acceptors (Lipinski definition) is 4. The molecule has 0 aromatic heterocycles. The van der Waals surface area contributed by atoms with Crippen LogP contribution < -0.4 is 10.5 Å². The third-order valence-electron chi connectivity index (χ3n) is 2.52. The summed E-state index contributed by atoms with van der Waals surface area (Å²) < 4.78 is 27.1. The van der Waals surface area contributed by atoms with E-state index in [1.807, 2.05) is 6.92 Å². The molecule has 1 atom stereocenters. The van der Waals surface area contributed by atoms with Crippen LogP contribution in [0.1, 0.15) is 13.3 Å². The zero-order valence-electron chi connectivity index (χ0n) is 10.1. The van der Waals surface area contributed by atoms with Crippen LogP contribution in [0.2, 0.25) is 0 Å². The van der Waals surface area contributed by atoms with E-state index in [1.165, 1.54) is 12.1 Å². The molecule has 0 bridgehead atoms. The first-order chi connectivity index (χ1) is 8.36. The molecule has 1 aromatic carbocycles. The Kier molecular flexibility index (Phi) is 5.58. The lowest BCUT2D eigenvalue weighted by Gasteiger charge is -2.12. The van der Waals surface area contributed by atoms with Gasteiger partial charge in [0.25, 0.3) is 0 Å². The van der Waals surface area contributed by atoms with Crippen molar-refractivity contribution in [2.75, 3.05) is 18.9 Å². The fourth-order valence-corrected chi connectivity index (χ4v) is 2.79. The number of nitrogens with two attached hydrogens (primary N) is 1. The van der Waals surface area contributed by atoms with Gasteiger partial charge in [-0.3, -0.25) is 0 Å². The van der Waals surface area contributed by atoms with E-state index >= 15 is 0 Å². The average molecular weight is 337 g/mol. The molecule has 7 heteroatoms. The highest BCUT2D eigenvalue weighted by Gasteiger charge is 2.15. The minimum Gasteiger partial charge on any atom is -0.398 e. The predicted octanol–water partition coefficient (Wildman–Crippen LogP) is 1.33. The first-order valence-electron chi connectivity index (χ1n) is 5.52. The van der Waals surface area contributed by atoms with Gasteiger partial charge in [0, 0.05) is 23.3 Å². The van der Waals surface area contributed by atoms with Crippen LogP contribution in [0.5, 0.6) is 0 Å². The van der Waals surface area contributed by atoms with Crippen molar-refractivity contribution in [1.29, 1.82) is 0 Å². The fourth-order valence-electron chi connectivity index (χ4n) is 1.35. The van der Waals surface area contributed by atoms with Crippen molar-refractivity contribution in [1.82, 2.24) is 4.72 Å². The van der Waals surface area contributed by atoms with Crippen molar-refractivity contribution >= 4 is 31.6 Å². The molecule has 4 N–H and O–H groups in total. The van der Waals surface area contributed by atoms with E-state index in [-0.39, 0.29) is 17.4 Å². The van der Waals surface area contributed by atoms with Crippen LogP contribution in [0.15, 0.2) is 27.6 Å². The van der Waals surface area contributed by atoms with Crippen LogP contribution in [0.25, 0.3) is 0 Å². The van der Waals surface area contributed by atoms with Crippen molar-refractivity contribution in [2.24, 2.45) is 5.92 Å². The van der Waals surface area contributed by atoms with Gasteiger partial charge in [0.2, 0.25) is 10.0 Å². The van der Waals surface area contributed by atoms with Crippen molar-refractivity contribution in [3.05, 3.63) is 22.7 Å². The molecule has 102 valence electrons. The maximum Gasteiger partial charge on any atom is 0.240 e. The molecule has 1 aromatic rings. The zero-order valence-corrected chi connectivity index (χ0v) is 12.5. The van der Waals surface area contributed by atoms with Gasteiger partial charge in [-0.1, -0.05) is 6.92 Å². The van der Waals surface area contributed by atoms with Crippen LogP contribution in [0.3, 0.4) is 0 Å². The molecule has 0 amide bonds. The minimum atomic E-state index is -3.55. The van der Waals surface area contributed by atoms with Gasteiger partial charge in [0.1, 0.15) is 0 Å². The quantitative estimate of drug-likeness (QED) is 0.683. The Hall–Kier alpha value is -0.630. The lowest BCUT2D eigenvalue weighted by atomic mass is 10.1. The highest BCUT2D eigenvalue weighted by Crippen LogP contribution is 2.22. The van der Waals surface area contributed by atoms with E-state index in [4.69, 9.17) is 10.8 Å². The smallest absolute Gasteiger partial charge is 0.240 e. The molecular formula is C11H17BrN2O3S. The molecule has 1 rings (SSSR count). The summed E-state index contributed by atoms with van der Waals surface area (Å²) in [6.45, 7) is 2.21. The summed E-state index contributed by atoms with van der Waals surface area (Å²) in [5.41, 5.74) is 6.03. The van der Waals surface area contributed by atoms with Crippen LogP contribution in [-0.4, -0.2) is 26.7 Å². The number of anilines is 1.